The van der Waals surface area contributed by atoms with Crippen molar-refractivity contribution in [3.63, 3.8) is 0 Å². The molecular formula is C22H28O. The molecule has 13 aliphatic rings. The highest BCUT2D eigenvalue weighted by molar-refractivity contribution is 5.40. The van der Waals surface area contributed by atoms with Gasteiger partial charge in [-0.3, -0.25) is 0 Å². The molecule has 3 spiro atoms. The van der Waals surface area contributed by atoms with Gasteiger partial charge in [0.1, 0.15) is 0 Å². The fourth-order valence-electron chi connectivity index (χ4n) is 14.3. The van der Waals surface area contributed by atoms with E-state index >= 15 is 0 Å². The van der Waals surface area contributed by atoms with Crippen LogP contribution in [0.4, 0.5) is 0 Å². The third-order valence-electron chi connectivity index (χ3n) is 12.3. The van der Waals surface area contributed by atoms with Gasteiger partial charge in [0.15, 0.2) is 0 Å². The fraction of sp³-hybridized carbons (Fsp3) is 1.00. The highest BCUT2D eigenvalue weighted by Crippen LogP contribution is 2.96. The van der Waals surface area contributed by atoms with Crippen LogP contribution >= 0.6 is 0 Å². The predicted molar refractivity (Wildman–Crippen MR) is 85.2 cm³/mol. The Kier molecular flexibility index (Phi) is 1.35. The molecule has 0 aromatic heterocycles. The van der Waals surface area contributed by atoms with Crippen molar-refractivity contribution in [2.75, 3.05) is 0 Å². The third-order valence-corrected chi connectivity index (χ3v) is 12.3. The second kappa shape index (κ2) is 2.68. The van der Waals surface area contributed by atoms with Crippen molar-refractivity contribution >= 4 is 0 Å². The lowest BCUT2D eigenvalue weighted by atomic mass is 9.10. The molecule has 0 radical (unpaired) electrons. The van der Waals surface area contributed by atoms with Crippen molar-refractivity contribution in [1.29, 1.82) is 0 Å². The first-order valence-corrected chi connectivity index (χ1v) is 10.8. The predicted octanol–water partition coefficient (Wildman–Crippen LogP) is 3.86. The molecule has 13 fully saturated rings. The van der Waals surface area contributed by atoms with E-state index in [1.54, 1.807) is 38.5 Å². The Labute approximate surface area is 138 Å². The van der Waals surface area contributed by atoms with Crippen LogP contribution in [0.2, 0.25) is 0 Å². The van der Waals surface area contributed by atoms with Gasteiger partial charge in [0, 0.05) is 0 Å². The molecule has 1 nitrogen and oxygen atoms in total. The van der Waals surface area contributed by atoms with Gasteiger partial charge in [-0.2, -0.15) is 0 Å². The summed E-state index contributed by atoms with van der Waals surface area (Å²) >= 11 is 0. The molecule has 122 valence electrons. The van der Waals surface area contributed by atoms with Gasteiger partial charge in [0.25, 0.3) is 0 Å². The zero-order valence-corrected chi connectivity index (χ0v) is 14.0. The number of hydrogen-bond donors (Lipinski definition) is 1. The van der Waals surface area contributed by atoms with Gasteiger partial charge in [-0.25, -0.2) is 0 Å². The molecule has 0 saturated heterocycles. The highest BCUT2D eigenvalue weighted by atomic mass is 16.3. The molecule has 13 aliphatic carbocycles. The van der Waals surface area contributed by atoms with E-state index in [1.165, 1.54) is 19.3 Å². The lowest BCUT2D eigenvalue weighted by molar-refractivity contribution is -0.488. The van der Waals surface area contributed by atoms with Crippen molar-refractivity contribution in [1.82, 2.24) is 0 Å². The molecule has 13 saturated carbocycles. The van der Waals surface area contributed by atoms with E-state index in [1.807, 2.05) is 0 Å². The summed E-state index contributed by atoms with van der Waals surface area (Å²) in [6.45, 7) is 0. The zero-order chi connectivity index (χ0) is 14.6. The lowest BCUT2D eigenvalue weighted by Crippen LogP contribution is -2.92. The first-order chi connectivity index (χ1) is 11.1. The Hall–Kier alpha value is -0.0400. The average Bonchev–Trinajstić information content (AvgIpc) is 2.40. The molecule has 0 aliphatic heterocycles. The van der Waals surface area contributed by atoms with Crippen molar-refractivity contribution in [2.24, 2.45) is 69.5 Å². The zero-order valence-electron chi connectivity index (χ0n) is 14.0. The average molecular weight is 308 g/mol. The van der Waals surface area contributed by atoms with Crippen LogP contribution in [0.25, 0.3) is 0 Å². The molecule has 8 atom stereocenters. The van der Waals surface area contributed by atoms with E-state index < -0.39 is 0 Å². The quantitative estimate of drug-likeness (QED) is 0.720. The summed E-state index contributed by atoms with van der Waals surface area (Å²) in [7, 11) is 0. The van der Waals surface area contributed by atoms with Crippen molar-refractivity contribution in [3.8, 4) is 0 Å². The molecule has 0 aromatic rings. The van der Waals surface area contributed by atoms with Crippen molar-refractivity contribution in [3.05, 3.63) is 0 Å². The Morgan fingerprint density at radius 3 is 1.74 bits per heavy atom. The van der Waals surface area contributed by atoms with Crippen LogP contribution in [0.1, 0.15) is 57.8 Å². The molecule has 0 amide bonds. The molecule has 13 rings (SSSR count). The molecule has 0 heterocycles. The fourth-order valence-corrected chi connectivity index (χ4v) is 14.3. The minimum Gasteiger partial charge on any atom is -0.389 e. The van der Waals surface area contributed by atoms with Gasteiger partial charge >= 0.3 is 0 Å². The standard InChI is InChI=1S/C22H28O/c23-22-9-12-7-20-5-10-1-13(16(20)22)15-14-2-11-4-19(15,3-10)18(20)21(6-11,8-12)17(14)22/h10-18,23H,1-9H2. The lowest BCUT2D eigenvalue weighted by Gasteiger charge is -2.95. The van der Waals surface area contributed by atoms with Gasteiger partial charge < -0.3 is 5.11 Å². The molecule has 0 aromatic carbocycles. The third kappa shape index (κ3) is 0.765. The van der Waals surface area contributed by atoms with Gasteiger partial charge in [-0.05, 0) is 127 Å². The summed E-state index contributed by atoms with van der Waals surface area (Å²) in [6.07, 6.45) is 13.8. The summed E-state index contributed by atoms with van der Waals surface area (Å²) in [6, 6.07) is 0. The maximum absolute atomic E-state index is 12.2. The van der Waals surface area contributed by atoms with E-state index in [4.69, 9.17) is 0 Å². The first kappa shape index (κ1) is 11.6. The van der Waals surface area contributed by atoms with Crippen molar-refractivity contribution < 1.29 is 5.11 Å². The normalized spacial score (nSPS) is 85.2. The maximum Gasteiger partial charge on any atom is 0.0722 e. The molecule has 13 bridgehead atoms. The van der Waals surface area contributed by atoms with Crippen LogP contribution in [-0.2, 0) is 0 Å². The minimum absolute atomic E-state index is 0.194. The van der Waals surface area contributed by atoms with Gasteiger partial charge in [-0.1, -0.05) is 0 Å². The number of rotatable bonds is 0. The second-order valence-electron chi connectivity index (χ2n) is 12.4. The van der Waals surface area contributed by atoms with E-state index in [0.717, 1.165) is 58.7 Å². The second-order valence-corrected chi connectivity index (χ2v) is 12.4. The molecular weight excluding hydrogens is 280 g/mol. The van der Waals surface area contributed by atoms with Gasteiger partial charge in [-0.15, -0.1) is 0 Å². The van der Waals surface area contributed by atoms with Crippen LogP contribution < -0.4 is 0 Å². The van der Waals surface area contributed by atoms with Gasteiger partial charge in [0.05, 0.1) is 5.60 Å². The smallest absolute Gasteiger partial charge is 0.0722 e. The molecule has 23 heavy (non-hydrogen) atoms. The van der Waals surface area contributed by atoms with Crippen LogP contribution in [0.3, 0.4) is 0 Å². The van der Waals surface area contributed by atoms with Crippen LogP contribution in [0, 0.1) is 69.5 Å². The van der Waals surface area contributed by atoms with Crippen LogP contribution in [-0.4, -0.2) is 10.7 Å². The number of hydrogen-bond acceptors (Lipinski definition) is 1. The topological polar surface area (TPSA) is 20.2 Å². The first-order valence-electron chi connectivity index (χ1n) is 10.8. The largest absolute Gasteiger partial charge is 0.389 e. The Balaban J connectivity index is 1.49. The molecule has 8 unspecified atom stereocenters. The van der Waals surface area contributed by atoms with Crippen LogP contribution in [0.5, 0.6) is 0 Å². The highest BCUT2D eigenvalue weighted by Gasteiger charge is 2.92. The summed E-state index contributed by atoms with van der Waals surface area (Å²) in [4.78, 5) is 0. The molecule has 1 N–H and O–H groups in total. The monoisotopic (exact) mass is 308 g/mol. The Morgan fingerprint density at radius 2 is 1.13 bits per heavy atom. The Bertz CT molecular complexity index is 655. The molecule has 1 heteroatoms. The summed E-state index contributed by atoms with van der Waals surface area (Å²) in [5, 5.41) is 12.2. The van der Waals surface area contributed by atoms with E-state index in [0.29, 0.717) is 10.8 Å². The van der Waals surface area contributed by atoms with E-state index in [-0.39, 0.29) is 5.60 Å². The van der Waals surface area contributed by atoms with E-state index in [2.05, 4.69) is 0 Å². The van der Waals surface area contributed by atoms with Gasteiger partial charge in [0.2, 0.25) is 0 Å². The SMILES string of the molecule is OC12CC3CC45CC6CC(C7C8CC9CC7(C6)C4C(C9)(C3)C81)C25. The number of aliphatic hydroxyl groups is 1. The Morgan fingerprint density at radius 1 is 0.609 bits per heavy atom. The summed E-state index contributed by atoms with van der Waals surface area (Å²) < 4.78 is 0. The maximum atomic E-state index is 12.2. The summed E-state index contributed by atoms with van der Waals surface area (Å²) in [5.41, 5.74) is 1.89. The summed E-state index contributed by atoms with van der Waals surface area (Å²) in [5.74, 6) is 8.63. The van der Waals surface area contributed by atoms with E-state index in [9.17, 15) is 5.11 Å². The minimum atomic E-state index is -0.194. The van der Waals surface area contributed by atoms with Crippen LogP contribution in [0.15, 0.2) is 0 Å². The van der Waals surface area contributed by atoms with Crippen molar-refractivity contribution in [2.45, 2.75) is 63.4 Å².